The molecule has 6 heteroatoms. The Bertz CT molecular complexity index is 541. The molecule has 1 aliphatic rings. The van der Waals surface area contributed by atoms with Crippen LogP contribution < -0.4 is 5.32 Å². The molecular formula is C14H20ClNO3S. The van der Waals surface area contributed by atoms with Crippen LogP contribution in [0.25, 0.3) is 0 Å². The van der Waals surface area contributed by atoms with Crippen LogP contribution in [0.3, 0.4) is 0 Å². The summed E-state index contributed by atoms with van der Waals surface area (Å²) in [4.78, 5) is 0.202. The van der Waals surface area contributed by atoms with Gasteiger partial charge >= 0.3 is 0 Å². The zero-order valence-electron chi connectivity index (χ0n) is 11.5. The van der Waals surface area contributed by atoms with Gasteiger partial charge in [0.1, 0.15) is 0 Å². The summed E-state index contributed by atoms with van der Waals surface area (Å²) >= 11 is 5.97. The fourth-order valence-electron chi connectivity index (χ4n) is 2.25. The normalized spacial score (nSPS) is 21.0. The average molecular weight is 318 g/mol. The highest BCUT2D eigenvalue weighted by Gasteiger charge is 2.25. The molecule has 0 aromatic heterocycles. The molecule has 0 radical (unpaired) electrons. The monoisotopic (exact) mass is 317 g/mol. The molecule has 2 atom stereocenters. The van der Waals surface area contributed by atoms with Gasteiger partial charge in [0.05, 0.1) is 21.3 Å². The van der Waals surface area contributed by atoms with E-state index in [1.807, 2.05) is 0 Å². The van der Waals surface area contributed by atoms with Crippen LogP contribution in [0.15, 0.2) is 29.2 Å². The average Bonchev–Trinajstić information content (AvgIpc) is 2.92. The molecule has 1 aliphatic heterocycles. The van der Waals surface area contributed by atoms with Crippen molar-refractivity contribution in [3.63, 3.8) is 0 Å². The van der Waals surface area contributed by atoms with Crippen LogP contribution in [0.1, 0.15) is 19.8 Å². The molecule has 0 spiro atoms. The minimum Gasteiger partial charge on any atom is -0.377 e. The molecular weight excluding hydrogens is 298 g/mol. The van der Waals surface area contributed by atoms with Gasteiger partial charge in [-0.3, -0.25) is 0 Å². The van der Waals surface area contributed by atoms with Crippen molar-refractivity contribution in [3.8, 4) is 0 Å². The molecule has 1 aromatic rings. The molecule has 2 unspecified atom stereocenters. The summed E-state index contributed by atoms with van der Waals surface area (Å²) in [5.41, 5.74) is 0. The lowest BCUT2D eigenvalue weighted by molar-refractivity contribution is 0.110. The van der Waals surface area contributed by atoms with Gasteiger partial charge in [0.15, 0.2) is 9.84 Å². The maximum absolute atomic E-state index is 12.4. The van der Waals surface area contributed by atoms with E-state index in [-0.39, 0.29) is 16.0 Å². The van der Waals surface area contributed by atoms with Gasteiger partial charge in [-0.15, -0.1) is 0 Å². The van der Waals surface area contributed by atoms with Crippen LogP contribution in [0.2, 0.25) is 5.02 Å². The van der Waals surface area contributed by atoms with Gasteiger partial charge in [0.25, 0.3) is 0 Å². The van der Waals surface area contributed by atoms with Gasteiger partial charge in [-0.1, -0.05) is 23.7 Å². The Kier molecular flexibility index (Phi) is 5.43. The Balaban J connectivity index is 1.93. The highest BCUT2D eigenvalue weighted by atomic mass is 35.5. The van der Waals surface area contributed by atoms with E-state index in [9.17, 15) is 8.42 Å². The summed E-state index contributed by atoms with van der Waals surface area (Å²) in [7, 11) is -3.40. The molecule has 20 heavy (non-hydrogen) atoms. The number of hydrogen-bond acceptors (Lipinski definition) is 4. The van der Waals surface area contributed by atoms with Crippen molar-refractivity contribution in [1.29, 1.82) is 0 Å². The standard InChI is InChI=1S/C14H20ClNO3S/c1-11(9-16-10-12-5-4-8-19-12)20(17,18)14-7-3-2-6-13(14)15/h2-3,6-7,11-12,16H,4-5,8-10H2,1H3. The van der Waals surface area contributed by atoms with E-state index in [1.54, 1.807) is 31.2 Å². The first kappa shape index (κ1) is 15.8. The molecule has 112 valence electrons. The molecule has 0 aliphatic carbocycles. The second-order valence-electron chi connectivity index (χ2n) is 5.08. The minimum atomic E-state index is -3.40. The summed E-state index contributed by atoms with van der Waals surface area (Å²) in [6.07, 6.45) is 2.34. The van der Waals surface area contributed by atoms with Crippen LogP contribution >= 0.6 is 11.6 Å². The van der Waals surface area contributed by atoms with Crippen LogP contribution in [-0.2, 0) is 14.6 Å². The van der Waals surface area contributed by atoms with Crippen molar-refractivity contribution in [3.05, 3.63) is 29.3 Å². The smallest absolute Gasteiger partial charge is 0.183 e. The fourth-order valence-corrected chi connectivity index (χ4v) is 4.09. The molecule has 1 heterocycles. The van der Waals surface area contributed by atoms with Crippen molar-refractivity contribution in [2.24, 2.45) is 0 Å². The lowest BCUT2D eigenvalue weighted by Crippen LogP contribution is -2.35. The zero-order valence-corrected chi connectivity index (χ0v) is 13.1. The van der Waals surface area contributed by atoms with Crippen LogP contribution in [0, 0.1) is 0 Å². The summed E-state index contributed by atoms with van der Waals surface area (Å²) < 4.78 is 30.3. The highest BCUT2D eigenvalue weighted by Crippen LogP contribution is 2.24. The minimum absolute atomic E-state index is 0.202. The Morgan fingerprint density at radius 2 is 2.20 bits per heavy atom. The number of rotatable bonds is 6. The maximum Gasteiger partial charge on any atom is 0.183 e. The second-order valence-corrected chi connectivity index (χ2v) is 7.82. The molecule has 1 aromatic carbocycles. The molecule has 1 saturated heterocycles. The molecule has 1 N–H and O–H groups in total. The van der Waals surface area contributed by atoms with E-state index < -0.39 is 15.1 Å². The molecule has 0 amide bonds. The van der Waals surface area contributed by atoms with E-state index in [0.29, 0.717) is 13.1 Å². The molecule has 4 nitrogen and oxygen atoms in total. The van der Waals surface area contributed by atoms with Crippen molar-refractivity contribution >= 4 is 21.4 Å². The van der Waals surface area contributed by atoms with Gasteiger partial charge in [0.2, 0.25) is 0 Å². The maximum atomic E-state index is 12.4. The van der Waals surface area contributed by atoms with Gasteiger partial charge in [-0.05, 0) is 31.9 Å². The zero-order chi connectivity index (χ0) is 14.6. The number of halogens is 1. The third kappa shape index (κ3) is 3.73. The van der Waals surface area contributed by atoms with E-state index in [4.69, 9.17) is 16.3 Å². The van der Waals surface area contributed by atoms with Gasteiger partial charge in [0, 0.05) is 19.7 Å². The largest absolute Gasteiger partial charge is 0.377 e. The number of sulfone groups is 1. The Morgan fingerprint density at radius 3 is 2.85 bits per heavy atom. The summed E-state index contributed by atoms with van der Waals surface area (Å²) in [6, 6.07) is 6.56. The van der Waals surface area contributed by atoms with Gasteiger partial charge in [-0.25, -0.2) is 8.42 Å². The van der Waals surface area contributed by atoms with Gasteiger partial charge < -0.3 is 10.1 Å². The number of nitrogens with one attached hydrogen (secondary N) is 1. The predicted molar refractivity (Wildman–Crippen MR) is 79.9 cm³/mol. The van der Waals surface area contributed by atoms with Crippen molar-refractivity contribution in [2.45, 2.75) is 36.0 Å². The van der Waals surface area contributed by atoms with Crippen molar-refractivity contribution in [1.82, 2.24) is 5.32 Å². The van der Waals surface area contributed by atoms with E-state index in [0.717, 1.165) is 19.4 Å². The van der Waals surface area contributed by atoms with Crippen LogP contribution in [0.5, 0.6) is 0 Å². The third-order valence-electron chi connectivity index (χ3n) is 3.50. The fraction of sp³-hybridized carbons (Fsp3) is 0.571. The summed E-state index contributed by atoms with van der Waals surface area (Å²) in [6.45, 7) is 3.59. The number of ether oxygens (including phenoxy) is 1. The lowest BCUT2D eigenvalue weighted by Gasteiger charge is -2.16. The first-order chi connectivity index (χ1) is 9.51. The number of benzene rings is 1. The predicted octanol–water partition coefficient (Wildman–Crippen LogP) is 2.27. The first-order valence-electron chi connectivity index (χ1n) is 6.82. The summed E-state index contributed by atoms with van der Waals surface area (Å²) in [5.74, 6) is 0. The van der Waals surface area contributed by atoms with E-state index >= 15 is 0 Å². The molecule has 2 rings (SSSR count). The van der Waals surface area contributed by atoms with E-state index in [2.05, 4.69) is 5.32 Å². The Morgan fingerprint density at radius 1 is 1.45 bits per heavy atom. The topological polar surface area (TPSA) is 55.4 Å². The molecule has 1 fully saturated rings. The van der Waals surface area contributed by atoms with Crippen LogP contribution in [-0.4, -0.2) is 39.5 Å². The Hall–Kier alpha value is -0.620. The van der Waals surface area contributed by atoms with E-state index in [1.165, 1.54) is 0 Å². The lowest BCUT2D eigenvalue weighted by atomic mass is 10.2. The van der Waals surface area contributed by atoms with Crippen molar-refractivity contribution in [2.75, 3.05) is 19.7 Å². The summed E-state index contributed by atoms with van der Waals surface area (Å²) in [5, 5.41) is 2.93. The Labute approximate surface area is 125 Å². The quantitative estimate of drug-likeness (QED) is 0.874. The number of hydrogen-bond donors (Lipinski definition) is 1. The third-order valence-corrected chi connectivity index (χ3v) is 6.14. The second kappa shape index (κ2) is 6.89. The molecule has 0 bridgehead atoms. The SMILES string of the molecule is CC(CNCC1CCCO1)S(=O)(=O)c1ccccc1Cl. The van der Waals surface area contributed by atoms with Gasteiger partial charge in [-0.2, -0.15) is 0 Å². The molecule has 0 saturated carbocycles. The first-order valence-corrected chi connectivity index (χ1v) is 8.75. The van der Waals surface area contributed by atoms with Crippen molar-refractivity contribution < 1.29 is 13.2 Å². The highest BCUT2D eigenvalue weighted by molar-refractivity contribution is 7.92. The van der Waals surface area contributed by atoms with Crippen LogP contribution in [0.4, 0.5) is 0 Å².